The second-order valence-corrected chi connectivity index (χ2v) is 8.67. The molecule has 0 aliphatic rings. The minimum atomic E-state index is -3.46. The Morgan fingerprint density at radius 1 is 0.867 bits per heavy atom. The predicted octanol–water partition coefficient (Wildman–Crippen LogP) is 4.68. The third-order valence-corrected chi connectivity index (χ3v) is 6.18. The van der Waals surface area contributed by atoms with Crippen LogP contribution in [0.4, 0.5) is 5.69 Å². The van der Waals surface area contributed by atoms with Crippen LogP contribution in [0.2, 0.25) is 0 Å². The summed E-state index contributed by atoms with van der Waals surface area (Å²) in [6.45, 7) is 0. The summed E-state index contributed by atoms with van der Waals surface area (Å²) in [5.41, 5.74) is 0.532. The van der Waals surface area contributed by atoms with Crippen LogP contribution in [0.15, 0.2) is 83.8 Å². The molecule has 0 heterocycles. The molecule has 0 aliphatic carbocycles. The van der Waals surface area contributed by atoms with E-state index in [4.69, 9.17) is 9.47 Å². The molecule has 0 aliphatic heterocycles. The minimum Gasteiger partial charge on any atom is -0.497 e. The van der Waals surface area contributed by atoms with Crippen LogP contribution in [0.1, 0.15) is 12.8 Å². The first-order valence-corrected chi connectivity index (χ1v) is 11.1. The molecule has 0 bridgehead atoms. The summed E-state index contributed by atoms with van der Waals surface area (Å²) in [6.07, 6.45) is 0.289. The molecule has 0 radical (unpaired) electrons. The Balaban J connectivity index is 1.56. The summed E-state index contributed by atoms with van der Waals surface area (Å²) in [5.74, 6) is 1.37. The highest BCUT2D eigenvalue weighted by Gasteiger charge is 2.16. The van der Waals surface area contributed by atoms with E-state index in [-0.39, 0.29) is 29.4 Å². The van der Waals surface area contributed by atoms with Gasteiger partial charge in [0.1, 0.15) is 11.5 Å². The maximum Gasteiger partial charge on any atom is 0.224 e. The maximum atomic E-state index is 12.4. The van der Waals surface area contributed by atoms with Crippen LogP contribution in [0.3, 0.4) is 0 Å². The molecule has 0 spiro atoms. The number of hydrogen-bond donors (Lipinski definition) is 1. The van der Waals surface area contributed by atoms with Crippen LogP contribution in [0.25, 0.3) is 0 Å². The molecule has 0 unspecified atom stereocenters. The molecule has 3 rings (SSSR count). The molecule has 156 valence electrons. The Bertz CT molecular complexity index is 1080. The van der Waals surface area contributed by atoms with Crippen molar-refractivity contribution in [1.29, 1.82) is 0 Å². The average molecular weight is 426 g/mol. The number of benzene rings is 3. The average Bonchev–Trinajstić information content (AvgIpc) is 2.76. The highest BCUT2D eigenvalue weighted by molar-refractivity contribution is 7.91. The number of hydrogen-bond acceptors (Lipinski definition) is 5. The summed E-state index contributed by atoms with van der Waals surface area (Å²) in [7, 11) is -1.94. The third-order valence-electron chi connectivity index (χ3n) is 4.37. The second-order valence-electron chi connectivity index (χ2n) is 6.56. The minimum absolute atomic E-state index is 0.0784. The van der Waals surface area contributed by atoms with Crippen molar-refractivity contribution in [1.82, 2.24) is 0 Å². The summed E-state index contributed by atoms with van der Waals surface area (Å²) in [6, 6.07) is 22.6. The lowest BCUT2D eigenvalue weighted by molar-refractivity contribution is -0.116. The highest BCUT2D eigenvalue weighted by Crippen LogP contribution is 2.29. The van der Waals surface area contributed by atoms with Gasteiger partial charge in [-0.25, -0.2) is 8.42 Å². The van der Waals surface area contributed by atoms with E-state index in [9.17, 15) is 13.2 Å². The SMILES string of the molecule is COc1ccc(S(=O)(=O)CCCC(=O)Nc2ccccc2Oc2ccccc2)cc1. The highest BCUT2D eigenvalue weighted by atomic mass is 32.2. The normalized spacial score (nSPS) is 11.0. The fourth-order valence-electron chi connectivity index (χ4n) is 2.81. The number of carbonyl (C=O) groups is 1. The van der Waals surface area contributed by atoms with Crippen LogP contribution in [-0.4, -0.2) is 27.2 Å². The van der Waals surface area contributed by atoms with E-state index < -0.39 is 9.84 Å². The van der Waals surface area contributed by atoms with Gasteiger partial charge >= 0.3 is 0 Å². The van der Waals surface area contributed by atoms with Gasteiger partial charge in [-0.2, -0.15) is 0 Å². The number of methoxy groups -OCH3 is 1. The van der Waals surface area contributed by atoms with Crippen LogP contribution < -0.4 is 14.8 Å². The molecular formula is C23H23NO5S. The van der Waals surface area contributed by atoms with Crippen molar-refractivity contribution in [3.8, 4) is 17.2 Å². The zero-order valence-electron chi connectivity index (χ0n) is 16.6. The molecule has 0 saturated heterocycles. The number of para-hydroxylation sites is 3. The van der Waals surface area contributed by atoms with Gasteiger partial charge in [0.2, 0.25) is 5.91 Å². The number of carbonyl (C=O) groups excluding carboxylic acids is 1. The number of rotatable bonds is 9. The molecule has 3 aromatic carbocycles. The number of ether oxygens (including phenoxy) is 2. The van der Waals surface area contributed by atoms with Crippen molar-refractivity contribution >= 4 is 21.4 Å². The van der Waals surface area contributed by atoms with E-state index in [1.807, 2.05) is 36.4 Å². The molecule has 0 atom stereocenters. The van der Waals surface area contributed by atoms with Gasteiger partial charge in [0.25, 0.3) is 0 Å². The van der Waals surface area contributed by atoms with Crippen molar-refractivity contribution in [2.24, 2.45) is 0 Å². The summed E-state index contributed by atoms with van der Waals surface area (Å²) < 4.78 is 35.7. The third kappa shape index (κ3) is 5.84. The first kappa shape index (κ1) is 21.4. The fourth-order valence-corrected chi connectivity index (χ4v) is 4.12. The second kappa shape index (κ2) is 9.93. The van der Waals surface area contributed by atoms with E-state index >= 15 is 0 Å². The molecule has 0 saturated carbocycles. The van der Waals surface area contributed by atoms with Gasteiger partial charge in [-0.15, -0.1) is 0 Å². The van der Waals surface area contributed by atoms with Crippen molar-refractivity contribution < 1.29 is 22.7 Å². The van der Waals surface area contributed by atoms with E-state index in [1.165, 1.54) is 19.2 Å². The first-order valence-electron chi connectivity index (χ1n) is 9.46. The lowest BCUT2D eigenvalue weighted by Gasteiger charge is -2.12. The molecule has 1 N–H and O–H groups in total. The van der Waals surface area contributed by atoms with Gasteiger partial charge in [0.05, 0.1) is 23.4 Å². The van der Waals surface area contributed by atoms with Crippen molar-refractivity contribution in [3.05, 3.63) is 78.9 Å². The van der Waals surface area contributed by atoms with Gasteiger partial charge in [0.15, 0.2) is 15.6 Å². The lowest BCUT2D eigenvalue weighted by atomic mass is 10.2. The number of nitrogens with one attached hydrogen (secondary N) is 1. The Hall–Kier alpha value is -3.32. The van der Waals surface area contributed by atoms with E-state index in [1.54, 1.807) is 30.3 Å². The van der Waals surface area contributed by atoms with Gasteiger partial charge in [0, 0.05) is 6.42 Å². The van der Waals surface area contributed by atoms with Crippen molar-refractivity contribution in [2.75, 3.05) is 18.2 Å². The first-order chi connectivity index (χ1) is 14.5. The maximum absolute atomic E-state index is 12.4. The summed E-state index contributed by atoms with van der Waals surface area (Å²) in [5, 5.41) is 2.80. The molecule has 6 nitrogen and oxygen atoms in total. The van der Waals surface area contributed by atoms with Crippen LogP contribution in [-0.2, 0) is 14.6 Å². The monoisotopic (exact) mass is 425 g/mol. The Kier molecular flexibility index (Phi) is 7.08. The Labute approximate surface area is 176 Å². The lowest BCUT2D eigenvalue weighted by Crippen LogP contribution is -2.14. The molecule has 30 heavy (non-hydrogen) atoms. The zero-order valence-corrected chi connectivity index (χ0v) is 17.4. The number of sulfone groups is 1. The van der Waals surface area contributed by atoms with Crippen LogP contribution >= 0.6 is 0 Å². The standard InChI is InChI=1S/C23H23NO5S/c1-28-18-13-15-20(16-14-18)30(26,27)17-7-12-23(25)24-21-10-5-6-11-22(21)29-19-8-3-2-4-9-19/h2-6,8-11,13-16H,7,12,17H2,1H3,(H,24,25). The summed E-state index contributed by atoms with van der Waals surface area (Å²) >= 11 is 0. The smallest absolute Gasteiger partial charge is 0.224 e. The van der Waals surface area contributed by atoms with Gasteiger partial charge in [-0.3, -0.25) is 4.79 Å². The molecule has 1 amide bonds. The Morgan fingerprint density at radius 2 is 1.53 bits per heavy atom. The van der Waals surface area contributed by atoms with Crippen molar-refractivity contribution in [3.63, 3.8) is 0 Å². The van der Waals surface area contributed by atoms with E-state index in [0.717, 1.165) is 0 Å². The molecule has 0 aromatic heterocycles. The largest absolute Gasteiger partial charge is 0.497 e. The molecular weight excluding hydrogens is 402 g/mol. The Morgan fingerprint density at radius 3 is 2.23 bits per heavy atom. The quantitative estimate of drug-likeness (QED) is 0.538. The molecule has 0 fully saturated rings. The predicted molar refractivity (Wildman–Crippen MR) is 116 cm³/mol. The van der Waals surface area contributed by atoms with Crippen LogP contribution in [0.5, 0.6) is 17.2 Å². The van der Waals surface area contributed by atoms with Gasteiger partial charge < -0.3 is 14.8 Å². The fraction of sp³-hybridized carbons (Fsp3) is 0.174. The van der Waals surface area contributed by atoms with E-state index in [0.29, 0.717) is 22.9 Å². The topological polar surface area (TPSA) is 81.7 Å². The van der Waals surface area contributed by atoms with Crippen LogP contribution in [0, 0.1) is 0 Å². The zero-order chi connectivity index (χ0) is 21.4. The summed E-state index contributed by atoms with van der Waals surface area (Å²) in [4.78, 5) is 12.6. The van der Waals surface area contributed by atoms with Gasteiger partial charge in [-0.1, -0.05) is 30.3 Å². The van der Waals surface area contributed by atoms with E-state index in [2.05, 4.69) is 5.32 Å². The van der Waals surface area contributed by atoms with Gasteiger partial charge in [-0.05, 0) is 55.0 Å². The number of anilines is 1. The molecule has 3 aromatic rings. The molecule has 7 heteroatoms. The number of amides is 1. The van der Waals surface area contributed by atoms with Crippen molar-refractivity contribution in [2.45, 2.75) is 17.7 Å².